The van der Waals surface area contributed by atoms with Crippen molar-refractivity contribution >= 4 is 49.8 Å². The summed E-state index contributed by atoms with van der Waals surface area (Å²) in [6.45, 7) is 4.08. The van der Waals surface area contributed by atoms with Gasteiger partial charge in [0.05, 0.1) is 45.4 Å². The molecule has 1 aromatic heterocycles. The first kappa shape index (κ1) is 23.5. The van der Waals surface area contributed by atoms with E-state index in [1.165, 1.54) is 49.3 Å². The third kappa shape index (κ3) is 5.36. The molecular formula is C19H23N5O4S3. The van der Waals surface area contributed by atoms with E-state index in [0.29, 0.717) is 42.9 Å². The molecule has 12 heteroatoms. The van der Waals surface area contributed by atoms with E-state index < -0.39 is 15.9 Å². The number of thioether (sulfide) groups is 1. The monoisotopic (exact) mass is 481 g/mol. The van der Waals surface area contributed by atoms with Gasteiger partial charge >= 0.3 is 0 Å². The van der Waals surface area contributed by atoms with E-state index in [-0.39, 0.29) is 10.5 Å². The summed E-state index contributed by atoms with van der Waals surface area (Å²) in [5.74, 6) is -0.148. The molecule has 1 aliphatic heterocycles. The predicted molar refractivity (Wildman–Crippen MR) is 121 cm³/mol. The van der Waals surface area contributed by atoms with Gasteiger partial charge in [0.1, 0.15) is 0 Å². The van der Waals surface area contributed by atoms with E-state index >= 15 is 0 Å². The van der Waals surface area contributed by atoms with Gasteiger partial charge in [-0.15, -0.1) is 0 Å². The number of benzene rings is 1. The Morgan fingerprint density at radius 1 is 1.39 bits per heavy atom. The summed E-state index contributed by atoms with van der Waals surface area (Å²) >= 11 is 2.65. The van der Waals surface area contributed by atoms with Crippen LogP contribution in [0.5, 0.6) is 0 Å². The van der Waals surface area contributed by atoms with Crippen molar-refractivity contribution in [1.29, 1.82) is 5.26 Å². The predicted octanol–water partition coefficient (Wildman–Crippen LogP) is 2.41. The van der Waals surface area contributed by atoms with Crippen molar-refractivity contribution in [2.24, 2.45) is 0 Å². The van der Waals surface area contributed by atoms with Gasteiger partial charge in [0.25, 0.3) is 5.91 Å². The average Bonchev–Trinajstić information content (AvgIpc) is 3.10. The lowest BCUT2D eigenvalue weighted by Crippen LogP contribution is -2.37. The van der Waals surface area contributed by atoms with Gasteiger partial charge in [-0.05, 0) is 25.1 Å². The summed E-state index contributed by atoms with van der Waals surface area (Å²) < 4.78 is 32.6. The molecule has 1 saturated heterocycles. The molecule has 3 rings (SSSR count). The average molecular weight is 482 g/mol. The summed E-state index contributed by atoms with van der Waals surface area (Å²) in [7, 11) is -0.807. The maximum atomic E-state index is 13.2. The Hall–Kier alpha value is -2.17. The van der Waals surface area contributed by atoms with Gasteiger partial charge in [-0.25, -0.2) is 17.7 Å². The van der Waals surface area contributed by atoms with Crippen LogP contribution in [-0.2, 0) is 14.8 Å². The highest BCUT2D eigenvalue weighted by Gasteiger charge is 2.25. The zero-order chi connectivity index (χ0) is 22.6. The van der Waals surface area contributed by atoms with Crippen LogP contribution < -0.4 is 10.2 Å². The Kier molecular flexibility index (Phi) is 7.55. The lowest BCUT2D eigenvalue weighted by molar-refractivity contribution is 0.102. The maximum Gasteiger partial charge on any atom is 0.259 e. The van der Waals surface area contributed by atoms with E-state index in [2.05, 4.69) is 16.4 Å². The topological polar surface area (TPSA) is 116 Å². The van der Waals surface area contributed by atoms with Gasteiger partial charge in [-0.1, -0.05) is 23.1 Å². The highest BCUT2D eigenvalue weighted by atomic mass is 32.2. The van der Waals surface area contributed by atoms with Gasteiger partial charge in [0.2, 0.25) is 10.0 Å². The number of nitrogens with one attached hydrogen (secondary N) is 1. The van der Waals surface area contributed by atoms with Crippen LogP contribution in [0.15, 0.2) is 27.3 Å². The summed E-state index contributed by atoms with van der Waals surface area (Å²) in [6, 6.07) is 6.65. The van der Waals surface area contributed by atoms with Crippen molar-refractivity contribution in [2.45, 2.75) is 16.0 Å². The molecule has 0 aliphatic carbocycles. The molecule has 166 valence electrons. The van der Waals surface area contributed by atoms with Gasteiger partial charge < -0.3 is 9.64 Å². The smallest absolute Gasteiger partial charge is 0.259 e. The van der Waals surface area contributed by atoms with Crippen molar-refractivity contribution in [2.75, 3.05) is 56.4 Å². The molecule has 0 saturated carbocycles. The van der Waals surface area contributed by atoms with Gasteiger partial charge in [-0.3, -0.25) is 10.1 Å². The molecule has 1 aliphatic rings. The molecule has 1 N–H and O–H groups in total. The van der Waals surface area contributed by atoms with Crippen LogP contribution in [0.1, 0.15) is 16.1 Å². The first-order valence-corrected chi connectivity index (χ1v) is 12.7. The number of morpholine rings is 1. The standard InChI is InChI=1S/C19H23N5O4S3/c1-13-18(29-11-6-20)30-19(21-13)22-17(25)15-12-14(31(26,27)23(2)3)4-5-16(15)24-7-9-28-10-8-24/h4-5,12H,7-11H2,1-3H3,(H,21,22,25). The van der Waals surface area contributed by atoms with Gasteiger partial charge in [0.15, 0.2) is 5.13 Å². The minimum atomic E-state index is -3.70. The number of anilines is 2. The number of ether oxygens (including phenoxy) is 1. The summed E-state index contributed by atoms with van der Waals surface area (Å²) in [4.78, 5) is 19.6. The molecule has 0 spiro atoms. The fraction of sp³-hybridized carbons (Fsp3) is 0.421. The second kappa shape index (κ2) is 9.97. The minimum absolute atomic E-state index is 0.0419. The molecule has 2 aromatic rings. The molecule has 0 radical (unpaired) electrons. The van der Waals surface area contributed by atoms with Crippen LogP contribution in [-0.4, -0.2) is 69.8 Å². The van der Waals surface area contributed by atoms with Crippen LogP contribution in [0.3, 0.4) is 0 Å². The Bertz CT molecular complexity index is 1100. The Morgan fingerprint density at radius 2 is 2.10 bits per heavy atom. The number of aromatic nitrogens is 1. The molecule has 0 bridgehead atoms. The molecule has 9 nitrogen and oxygen atoms in total. The highest BCUT2D eigenvalue weighted by molar-refractivity contribution is 8.01. The number of amides is 1. The largest absolute Gasteiger partial charge is 0.378 e. The molecule has 31 heavy (non-hydrogen) atoms. The number of nitrogens with zero attached hydrogens (tertiary/aromatic N) is 4. The van der Waals surface area contributed by atoms with Gasteiger partial charge in [-0.2, -0.15) is 5.26 Å². The highest BCUT2D eigenvalue weighted by Crippen LogP contribution is 2.33. The number of hydrogen-bond donors (Lipinski definition) is 1. The first-order valence-electron chi connectivity index (χ1n) is 9.42. The molecule has 1 aromatic carbocycles. The van der Waals surface area contributed by atoms with Crippen LogP contribution >= 0.6 is 23.1 Å². The third-order valence-electron chi connectivity index (χ3n) is 4.59. The molecular weight excluding hydrogens is 458 g/mol. The Balaban J connectivity index is 1.96. The quantitative estimate of drug-likeness (QED) is 0.600. The van der Waals surface area contributed by atoms with Crippen molar-refractivity contribution in [3.63, 3.8) is 0 Å². The maximum absolute atomic E-state index is 13.2. The van der Waals surface area contributed by atoms with Crippen molar-refractivity contribution in [3.05, 3.63) is 29.5 Å². The van der Waals surface area contributed by atoms with Crippen molar-refractivity contribution < 1.29 is 17.9 Å². The minimum Gasteiger partial charge on any atom is -0.378 e. The lowest BCUT2D eigenvalue weighted by Gasteiger charge is -2.30. The third-order valence-corrected chi connectivity index (χ3v) is 8.70. The fourth-order valence-corrected chi connectivity index (χ4v) is 5.70. The first-order chi connectivity index (χ1) is 14.7. The normalized spacial score (nSPS) is 14.5. The molecule has 0 atom stereocenters. The van der Waals surface area contributed by atoms with E-state index in [9.17, 15) is 13.2 Å². The number of hydrogen-bond acceptors (Lipinski definition) is 9. The fourth-order valence-electron chi connectivity index (χ4n) is 2.98. The second-order valence-corrected chi connectivity index (χ2v) is 11.3. The Morgan fingerprint density at radius 3 is 2.74 bits per heavy atom. The number of nitriles is 1. The molecule has 1 amide bonds. The van der Waals surface area contributed by atoms with Crippen molar-refractivity contribution in [1.82, 2.24) is 9.29 Å². The molecule has 1 fully saturated rings. The lowest BCUT2D eigenvalue weighted by atomic mass is 10.1. The van der Waals surface area contributed by atoms with E-state index in [4.69, 9.17) is 10.00 Å². The summed E-state index contributed by atoms with van der Waals surface area (Å²) in [5, 5.41) is 12.0. The van der Waals surface area contributed by atoms with E-state index in [0.717, 1.165) is 14.2 Å². The van der Waals surface area contributed by atoms with E-state index in [1.54, 1.807) is 6.07 Å². The molecule has 0 unspecified atom stereocenters. The SMILES string of the molecule is Cc1nc(NC(=O)c2cc(S(=O)(=O)N(C)C)ccc2N2CCOCC2)sc1SCC#N. The number of rotatable bonds is 7. The summed E-state index contributed by atoms with van der Waals surface area (Å²) in [6.07, 6.45) is 0. The number of carbonyl (C=O) groups is 1. The van der Waals surface area contributed by atoms with Crippen LogP contribution in [0.2, 0.25) is 0 Å². The molecule has 2 heterocycles. The number of carbonyl (C=O) groups excluding carboxylic acids is 1. The van der Waals surface area contributed by atoms with Crippen molar-refractivity contribution in [3.8, 4) is 6.07 Å². The zero-order valence-electron chi connectivity index (χ0n) is 17.4. The number of thiazole rings is 1. The second-order valence-electron chi connectivity index (χ2n) is 6.86. The van der Waals surface area contributed by atoms with E-state index in [1.807, 2.05) is 11.8 Å². The number of aryl methyl sites for hydroxylation is 1. The Labute approximate surface area is 190 Å². The number of sulfonamides is 1. The summed E-state index contributed by atoms with van der Waals surface area (Å²) in [5.41, 5.74) is 1.63. The zero-order valence-corrected chi connectivity index (χ0v) is 19.9. The van der Waals surface area contributed by atoms with Crippen LogP contribution in [0, 0.1) is 18.3 Å². The van der Waals surface area contributed by atoms with Crippen LogP contribution in [0.4, 0.5) is 10.8 Å². The van der Waals surface area contributed by atoms with Gasteiger partial charge in [0, 0.05) is 32.9 Å². The van der Waals surface area contributed by atoms with Crippen LogP contribution in [0.25, 0.3) is 0 Å².